The highest BCUT2D eigenvalue weighted by Gasteiger charge is 2.28. The number of carbonyl (C=O) groups is 2. The standard InChI is InChI=1S/C12H23N3O4/c1-3-14(4-2)6-5-13-12(18)15-7-8-19-10(9-15)11(16)17/h10H,3-9H2,1-2H3,(H,13,18)(H,16,17). The van der Waals surface area contributed by atoms with Crippen molar-refractivity contribution in [2.45, 2.75) is 20.0 Å². The number of hydrogen-bond donors (Lipinski definition) is 2. The molecule has 1 atom stereocenters. The van der Waals surface area contributed by atoms with E-state index >= 15 is 0 Å². The van der Waals surface area contributed by atoms with Crippen LogP contribution in [0.5, 0.6) is 0 Å². The van der Waals surface area contributed by atoms with Gasteiger partial charge in [-0.2, -0.15) is 0 Å². The first-order chi connectivity index (χ1) is 9.08. The van der Waals surface area contributed by atoms with Gasteiger partial charge < -0.3 is 25.0 Å². The van der Waals surface area contributed by atoms with Crippen LogP contribution in [0.25, 0.3) is 0 Å². The van der Waals surface area contributed by atoms with Crippen LogP contribution in [-0.2, 0) is 9.53 Å². The monoisotopic (exact) mass is 273 g/mol. The summed E-state index contributed by atoms with van der Waals surface area (Å²) < 4.78 is 5.07. The molecular weight excluding hydrogens is 250 g/mol. The first kappa shape index (κ1) is 15.7. The zero-order valence-corrected chi connectivity index (χ0v) is 11.6. The Bertz CT molecular complexity index is 307. The highest BCUT2D eigenvalue weighted by atomic mass is 16.5. The molecule has 110 valence electrons. The molecule has 1 heterocycles. The number of hydrogen-bond acceptors (Lipinski definition) is 4. The molecule has 1 fully saturated rings. The number of aliphatic carboxylic acids is 1. The van der Waals surface area contributed by atoms with Gasteiger partial charge in [0.25, 0.3) is 0 Å². The van der Waals surface area contributed by atoms with Crippen LogP contribution in [0, 0.1) is 0 Å². The van der Waals surface area contributed by atoms with Gasteiger partial charge in [-0.3, -0.25) is 0 Å². The van der Waals surface area contributed by atoms with E-state index in [2.05, 4.69) is 24.1 Å². The third-order valence-corrected chi connectivity index (χ3v) is 3.23. The summed E-state index contributed by atoms with van der Waals surface area (Å²) in [5, 5.41) is 11.7. The maximum absolute atomic E-state index is 11.9. The smallest absolute Gasteiger partial charge is 0.334 e. The molecule has 2 N–H and O–H groups in total. The summed E-state index contributed by atoms with van der Waals surface area (Å²) in [6.45, 7) is 8.21. The van der Waals surface area contributed by atoms with Gasteiger partial charge in [0.05, 0.1) is 13.2 Å². The van der Waals surface area contributed by atoms with Gasteiger partial charge in [0.1, 0.15) is 0 Å². The molecule has 0 aromatic heterocycles. The lowest BCUT2D eigenvalue weighted by atomic mass is 10.3. The van der Waals surface area contributed by atoms with Crippen LogP contribution in [0.3, 0.4) is 0 Å². The van der Waals surface area contributed by atoms with Crippen LogP contribution in [0.2, 0.25) is 0 Å². The Labute approximate surface area is 113 Å². The maximum Gasteiger partial charge on any atom is 0.334 e. The van der Waals surface area contributed by atoms with Crippen molar-refractivity contribution in [3.05, 3.63) is 0 Å². The summed E-state index contributed by atoms with van der Waals surface area (Å²) in [5.41, 5.74) is 0. The number of likely N-dealkylation sites (N-methyl/N-ethyl adjacent to an activating group) is 1. The molecule has 0 bridgehead atoms. The number of rotatable bonds is 6. The van der Waals surface area contributed by atoms with Crippen LogP contribution < -0.4 is 5.32 Å². The summed E-state index contributed by atoms with van der Waals surface area (Å²) in [7, 11) is 0. The molecule has 1 saturated heterocycles. The SMILES string of the molecule is CCN(CC)CCNC(=O)N1CCOC(C(=O)O)C1. The predicted molar refractivity (Wildman–Crippen MR) is 70.1 cm³/mol. The molecule has 0 aromatic rings. The van der Waals surface area contributed by atoms with Crippen LogP contribution in [-0.4, -0.2) is 78.9 Å². The van der Waals surface area contributed by atoms with Gasteiger partial charge in [-0.25, -0.2) is 9.59 Å². The van der Waals surface area contributed by atoms with Gasteiger partial charge in [-0.1, -0.05) is 13.8 Å². The molecule has 0 saturated carbocycles. The predicted octanol–water partition coefficient (Wildman–Crippen LogP) is -0.177. The lowest BCUT2D eigenvalue weighted by Gasteiger charge is -2.31. The average Bonchev–Trinajstić information content (AvgIpc) is 2.43. The fraction of sp³-hybridized carbons (Fsp3) is 0.833. The summed E-state index contributed by atoms with van der Waals surface area (Å²) in [5.74, 6) is -1.03. The van der Waals surface area contributed by atoms with Crippen LogP contribution >= 0.6 is 0 Å². The fourth-order valence-corrected chi connectivity index (χ4v) is 1.96. The van der Waals surface area contributed by atoms with E-state index in [0.717, 1.165) is 19.6 Å². The summed E-state index contributed by atoms with van der Waals surface area (Å²) in [6.07, 6.45) is -0.915. The third-order valence-electron chi connectivity index (χ3n) is 3.23. The number of ether oxygens (including phenoxy) is 1. The molecule has 0 spiro atoms. The normalized spacial score (nSPS) is 19.5. The van der Waals surface area contributed by atoms with Gasteiger partial charge in [-0.15, -0.1) is 0 Å². The van der Waals surface area contributed by atoms with E-state index in [1.807, 2.05) is 0 Å². The molecule has 1 rings (SSSR count). The van der Waals surface area contributed by atoms with Crippen molar-refractivity contribution in [3.8, 4) is 0 Å². The molecule has 19 heavy (non-hydrogen) atoms. The molecular formula is C12H23N3O4. The van der Waals surface area contributed by atoms with Gasteiger partial charge in [0.15, 0.2) is 6.10 Å². The van der Waals surface area contributed by atoms with Crippen LogP contribution in [0.15, 0.2) is 0 Å². The average molecular weight is 273 g/mol. The van der Waals surface area contributed by atoms with Crippen LogP contribution in [0.4, 0.5) is 4.79 Å². The van der Waals surface area contributed by atoms with Crippen molar-refractivity contribution in [2.24, 2.45) is 0 Å². The van der Waals surface area contributed by atoms with E-state index in [-0.39, 0.29) is 19.2 Å². The second-order valence-electron chi connectivity index (χ2n) is 4.40. The van der Waals surface area contributed by atoms with E-state index in [4.69, 9.17) is 9.84 Å². The molecule has 0 radical (unpaired) electrons. The number of carboxylic acids is 1. The largest absolute Gasteiger partial charge is 0.479 e. The summed E-state index contributed by atoms with van der Waals surface area (Å²) in [6, 6.07) is -0.221. The highest BCUT2D eigenvalue weighted by molar-refractivity contribution is 5.77. The van der Waals surface area contributed by atoms with Crippen molar-refractivity contribution >= 4 is 12.0 Å². The Morgan fingerprint density at radius 2 is 2.11 bits per heavy atom. The molecule has 1 aliphatic heterocycles. The minimum atomic E-state index is -1.03. The summed E-state index contributed by atoms with van der Waals surface area (Å²) >= 11 is 0. The van der Waals surface area contributed by atoms with Crippen molar-refractivity contribution < 1.29 is 19.4 Å². The van der Waals surface area contributed by atoms with Gasteiger partial charge >= 0.3 is 12.0 Å². The quantitative estimate of drug-likeness (QED) is 0.702. The minimum absolute atomic E-state index is 0.104. The zero-order chi connectivity index (χ0) is 14.3. The van der Waals surface area contributed by atoms with Crippen molar-refractivity contribution in [1.29, 1.82) is 0 Å². The lowest BCUT2D eigenvalue weighted by Crippen LogP contribution is -2.52. The van der Waals surface area contributed by atoms with E-state index in [0.29, 0.717) is 13.1 Å². The Hall–Kier alpha value is -1.34. The molecule has 0 aliphatic carbocycles. The number of nitrogens with one attached hydrogen (secondary N) is 1. The van der Waals surface area contributed by atoms with Gasteiger partial charge in [-0.05, 0) is 13.1 Å². The summed E-state index contributed by atoms with van der Waals surface area (Å²) in [4.78, 5) is 26.4. The first-order valence-corrected chi connectivity index (χ1v) is 6.68. The Balaban J connectivity index is 2.31. The number of amides is 2. The second-order valence-corrected chi connectivity index (χ2v) is 4.40. The third kappa shape index (κ3) is 5.04. The Morgan fingerprint density at radius 1 is 1.42 bits per heavy atom. The molecule has 2 amide bonds. The van der Waals surface area contributed by atoms with E-state index in [1.165, 1.54) is 4.90 Å². The molecule has 7 heteroatoms. The van der Waals surface area contributed by atoms with E-state index in [9.17, 15) is 9.59 Å². The Kier molecular flexibility index (Phi) is 6.58. The number of carbonyl (C=O) groups excluding carboxylic acids is 1. The maximum atomic E-state index is 11.9. The Morgan fingerprint density at radius 3 is 2.68 bits per heavy atom. The minimum Gasteiger partial charge on any atom is -0.479 e. The van der Waals surface area contributed by atoms with Crippen LogP contribution in [0.1, 0.15) is 13.8 Å². The van der Waals surface area contributed by atoms with E-state index < -0.39 is 12.1 Å². The topological polar surface area (TPSA) is 82.1 Å². The molecule has 1 aliphatic rings. The highest BCUT2D eigenvalue weighted by Crippen LogP contribution is 2.05. The second kappa shape index (κ2) is 7.96. The van der Waals surface area contributed by atoms with E-state index in [1.54, 1.807) is 0 Å². The lowest BCUT2D eigenvalue weighted by molar-refractivity contribution is -0.154. The molecule has 1 unspecified atom stereocenters. The fourth-order valence-electron chi connectivity index (χ4n) is 1.96. The first-order valence-electron chi connectivity index (χ1n) is 6.68. The van der Waals surface area contributed by atoms with Crippen molar-refractivity contribution in [1.82, 2.24) is 15.1 Å². The molecule has 0 aromatic carbocycles. The molecule has 7 nitrogen and oxygen atoms in total. The number of carboxylic acid groups (broad SMARTS) is 1. The van der Waals surface area contributed by atoms with Crippen molar-refractivity contribution in [2.75, 3.05) is 45.9 Å². The number of nitrogens with zero attached hydrogens (tertiary/aromatic N) is 2. The van der Waals surface area contributed by atoms with Gasteiger partial charge in [0.2, 0.25) is 0 Å². The number of morpholine rings is 1. The zero-order valence-electron chi connectivity index (χ0n) is 11.6. The van der Waals surface area contributed by atoms with Crippen molar-refractivity contribution in [3.63, 3.8) is 0 Å². The number of urea groups is 1. The van der Waals surface area contributed by atoms with Gasteiger partial charge in [0, 0.05) is 19.6 Å².